The van der Waals surface area contributed by atoms with E-state index in [4.69, 9.17) is 14.6 Å². The van der Waals surface area contributed by atoms with Gasteiger partial charge in [-0.05, 0) is 12.8 Å². The Morgan fingerprint density at radius 1 is 1.53 bits per heavy atom. The smallest absolute Gasteiger partial charge is 0.329 e. The van der Waals surface area contributed by atoms with Crippen molar-refractivity contribution in [3.63, 3.8) is 0 Å². The van der Waals surface area contributed by atoms with Gasteiger partial charge in [0, 0.05) is 13.2 Å². The fraction of sp³-hybridized carbons (Fsp3) is 0.889. The fourth-order valence-corrected chi connectivity index (χ4v) is 2.77. The summed E-state index contributed by atoms with van der Waals surface area (Å²) in [4.78, 5) is 10.1. The standard InChI is InChI=1S/C9H17NO6S/c11-9(12)6-15-5-3-10-17(13,14)7-8-2-1-4-16-8/h8,10H,1-7H2,(H,11,12). The van der Waals surface area contributed by atoms with Crippen molar-refractivity contribution in [2.45, 2.75) is 18.9 Å². The number of sulfonamides is 1. The van der Waals surface area contributed by atoms with Crippen LogP contribution in [0.2, 0.25) is 0 Å². The Morgan fingerprint density at radius 3 is 2.88 bits per heavy atom. The van der Waals surface area contributed by atoms with Crippen molar-refractivity contribution in [3.05, 3.63) is 0 Å². The Kier molecular flexibility index (Phi) is 5.83. The molecule has 0 amide bonds. The lowest BCUT2D eigenvalue weighted by Crippen LogP contribution is -2.34. The van der Waals surface area contributed by atoms with E-state index in [0.717, 1.165) is 12.8 Å². The molecule has 100 valence electrons. The highest BCUT2D eigenvalue weighted by Gasteiger charge is 2.22. The molecule has 0 radical (unpaired) electrons. The summed E-state index contributed by atoms with van der Waals surface area (Å²) in [5, 5.41) is 8.28. The van der Waals surface area contributed by atoms with Crippen LogP contribution in [0.1, 0.15) is 12.8 Å². The van der Waals surface area contributed by atoms with Gasteiger partial charge in [-0.1, -0.05) is 0 Å². The maximum atomic E-state index is 11.5. The van der Waals surface area contributed by atoms with Crippen LogP contribution in [-0.4, -0.2) is 57.7 Å². The third-order valence-electron chi connectivity index (χ3n) is 2.22. The van der Waals surface area contributed by atoms with Gasteiger partial charge in [-0.2, -0.15) is 0 Å². The molecular formula is C9H17NO6S. The lowest BCUT2D eigenvalue weighted by atomic mass is 10.3. The third-order valence-corrected chi connectivity index (χ3v) is 3.68. The zero-order chi connectivity index (χ0) is 12.7. The van der Waals surface area contributed by atoms with Crippen LogP contribution in [0.4, 0.5) is 0 Å². The lowest BCUT2D eigenvalue weighted by molar-refractivity contribution is -0.142. The average Bonchev–Trinajstić information content (AvgIpc) is 2.68. The Morgan fingerprint density at radius 2 is 2.29 bits per heavy atom. The predicted molar refractivity (Wildman–Crippen MR) is 59.2 cm³/mol. The molecule has 7 nitrogen and oxygen atoms in total. The molecule has 0 bridgehead atoms. The van der Waals surface area contributed by atoms with Crippen LogP contribution in [0.15, 0.2) is 0 Å². The maximum Gasteiger partial charge on any atom is 0.329 e. The second-order valence-electron chi connectivity index (χ2n) is 3.76. The second-order valence-corrected chi connectivity index (χ2v) is 5.61. The summed E-state index contributed by atoms with van der Waals surface area (Å²) in [6.07, 6.45) is 1.42. The van der Waals surface area contributed by atoms with Gasteiger partial charge in [0.05, 0.1) is 18.5 Å². The molecule has 1 aliphatic heterocycles. The number of ether oxygens (including phenoxy) is 2. The number of carboxylic acids is 1. The average molecular weight is 267 g/mol. The largest absolute Gasteiger partial charge is 0.480 e. The molecule has 0 aromatic rings. The van der Waals surface area contributed by atoms with Crippen LogP contribution < -0.4 is 4.72 Å². The van der Waals surface area contributed by atoms with Gasteiger partial charge in [0.15, 0.2) is 0 Å². The SMILES string of the molecule is O=C(O)COCCNS(=O)(=O)CC1CCCO1. The monoisotopic (exact) mass is 267 g/mol. The van der Waals surface area contributed by atoms with Crippen molar-refractivity contribution in [3.8, 4) is 0 Å². The quantitative estimate of drug-likeness (QED) is 0.557. The van der Waals surface area contributed by atoms with E-state index in [1.807, 2.05) is 0 Å². The first kappa shape index (κ1) is 14.4. The number of hydrogen-bond donors (Lipinski definition) is 2. The minimum absolute atomic E-state index is 0.0387. The summed E-state index contributed by atoms with van der Waals surface area (Å²) < 4.78 is 35.3. The van der Waals surface area contributed by atoms with Gasteiger partial charge in [-0.3, -0.25) is 0 Å². The van der Waals surface area contributed by atoms with Gasteiger partial charge in [0.2, 0.25) is 10.0 Å². The minimum Gasteiger partial charge on any atom is -0.480 e. The van der Waals surface area contributed by atoms with E-state index < -0.39 is 22.6 Å². The molecule has 17 heavy (non-hydrogen) atoms. The highest BCUT2D eigenvalue weighted by atomic mass is 32.2. The first-order chi connectivity index (χ1) is 7.99. The number of rotatable bonds is 8. The van der Waals surface area contributed by atoms with Crippen LogP contribution in [0.25, 0.3) is 0 Å². The highest BCUT2D eigenvalue weighted by molar-refractivity contribution is 7.89. The molecule has 0 aliphatic carbocycles. The topological polar surface area (TPSA) is 102 Å². The zero-order valence-electron chi connectivity index (χ0n) is 9.42. The number of carbonyl (C=O) groups is 1. The molecule has 1 unspecified atom stereocenters. The number of hydrogen-bond acceptors (Lipinski definition) is 5. The summed E-state index contributed by atoms with van der Waals surface area (Å²) in [5.74, 6) is -1.13. The minimum atomic E-state index is -3.37. The Balaban J connectivity index is 2.13. The molecule has 1 saturated heterocycles. The summed E-state index contributed by atoms with van der Waals surface area (Å²) in [6, 6.07) is 0. The van der Waals surface area contributed by atoms with Crippen molar-refractivity contribution in [2.75, 3.05) is 32.1 Å². The first-order valence-electron chi connectivity index (χ1n) is 5.38. The highest BCUT2D eigenvalue weighted by Crippen LogP contribution is 2.13. The molecule has 0 saturated carbocycles. The Bertz CT molecular complexity index is 335. The molecule has 0 aromatic heterocycles. The van der Waals surface area contributed by atoms with E-state index in [-0.39, 0.29) is 25.0 Å². The van der Waals surface area contributed by atoms with Gasteiger partial charge in [-0.25, -0.2) is 17.9 Å². The van der Waals surface area contributed by atoms with Gasteiger partial charge in [0.1, 0.15) is 6.61 Å². The van der Waals surface area contributed by atoms with E-state index in [2.05, 4.69) is 4.72 Å². The van der Waals surface area contributed by atoms with Crippen molar-refractivity contribution >= 4 is 16.0 Å². The van der Waals surface area contributed by atoms with E-state index in [1.165, 1.54) is 0 Å². The van der Waals surface area contributed by atoms with Crippen LogP contribution in [0.3, 0.4) is 0 Å². The summed E-state index contributed by atoms with van der Waals surface area (Å²) in [5.41, 5.74) is 0. The third kappa shape index (κ3) is 6.57. The van der Waals surface area contributed by atoms with Crippen molar-refractivity contribution in [1.82, 2.24) is 4.72 Å². The Hall–Kier alpha value is -0.700. The molecule has 2 N–H and O–H groups in total. The van der Waals surface area contributed by atoms with Crippen LogP contribution in [0.5, 0.6) is 0 Å². The second kappa shape index (κ2) is 6.90. The Labute approximate surface area is 100 Å². The van der Waals surface area contributed by atoms with Crippen LogP contribution in [-0.2, 0) is 24.3 Å². The summed E-state index contributed by atoms with van der Waals surface area (Å²) >= 11 is 0. The molecular weight excluding hydrogens is 250 g/mol. The lowest BCUT2D eigenvalue weighted by Gasteiger charge is -2.11. The number of carboxylic acid groups (broad SMARTS) is 1. The van der Waals surface area contributed by atoms with E-state index in [9.17, 15) is 13.2 Å². The van der Waals surface area contributed by atoms with E-state index >= 15 is 0 Å². The van der Waals surface area contributed by atoms with Gasteiger partial charge in [-0.15, -0.1) is 0 Å². The maximum absolute atomic E-state index is 11.5. The van der Waals surface area contributed by atoms with Crippen molar-refractivity contribution in [2.24, 2.45) is 0 Å². The molecule has 1 fully saturated rings. The van der Waals surface area contributed by atoms with Crippen molar-refractivity contribution in [1.29, 1.82) is 0 Å². The summed E-state index contributed by atoms with van der Waals surface area (Å²) in [6.45, 7) is 0.300. The predicted octanol–water partition coefficient (Wildman–Crippen LogP) is -0.814. The number of nitrogens with one attached hydrogen (secondary N) is 1. The van der Waals surface area contributed by atoms with Crippen LogP contribution >= 0.6 is 0 Å². The summed E-state index contributed by atoms with van der Waals surface area (Å²) in [7, 11) is -3.37. The number of aliphatic carboxylic acids is 1. The van der Waals surface area contributed by atoms with E-state index in [0.29, 0.717) is 6.61 Å². The molecule has 1 aliphatic rings. The molecule has 1 heterocycles. The van der Waals surface area contributed by atoms with Gasteiger partial charge >= 0.3 is 5.97 Å². The molecule has 0 spiro atoms. The normalized spacial score (nSPS) is 20.6. The molecule has 8 heteroatoms. The molecule has 1 rings (SSSR count). The fourth-order valence-electron chi connectivity index (χ4n) is 1.51. The van der Waals surface area contributed by atoms with Crippen molar-refractivity contribution < 1.29 is 27.8 Å². The molecule has 0 aromatic carbocycles. The molecule has 1 atom stereocenters. The van der Waals surface area contributed by atoms with Gasteiger partial charge in [0.25, 0.3) is 0 Å². The van der Waals surface area contributed by atoms with E-state index in [1.54, 1.807) is 0 Å². The van der Waals surface area contributed by atoms with Crippen LogP contribution in [0, 0.1) is 0 Å². The zero-order valence-corrected chi connectivity index (χ0v) is 10.2. The first-order valence-corrected chi connectivity index (χ1v) is 7.03. The van der Waals surface area contributed by atoms with Gasteiger partial charge < -0.3 is 14.6 Å².